The molecule has 0 aliphatic carbocycles. The average molecular weight is 498 g/mol. The molecule has 2 aromatic rings. The van der Waals surface area contributed by atoms with Crippen LogP contribution in [0.15, 0.2) is 36.4 Å². The van der Waals surface area contributed by atoms with Crippen molar-refractivity contribution in [1.82, 2.24) is 10.2 Å². The molecule has 0 radical (unpaired) electrons. The minimum Gasteiger partial charge on any atom is -0.444 e. The van der Waals surface area contributed by atoms with Crippen LogP contribution in [0.25, 0.3) is 0 Å². The fourth-order valence-electron chi connectivity index (χ4n) is 3.53. The normalized spacial score (nSPS) is 12.7. The van der Waals surface area contributed by atoms with Crippen LogP contribution in [0.3, 0.4) is 0 Å². The van der Waals surface area contributed by atoms with E-state index < -0.39 is 35.6 Å². The maximum absolute atomic E-state index is 13.6. The zero-order chi connectivity index (χ0) is 26.5. The number of carbonyl (C=O) groups is 3. The van der Waals surface area contributed by atoms with Crippen molar-refractivity contribution < 1.29 is 19.1 Å². The van der Waals surface area contributed by atoms with Gasteiger partial charge in [0.2, 0.25) is 0 Å². The van der Waals surface area contributed by atoms with Gasteiger partial charge in [-0.05, 0) is 71.2 Å². The van der Waals surface area contributed by atoms with E-state index in [1.54, 1.807) is 39.0 Å². The number of halogens is 1. The smallest absolute Gasteiger partial charge is 0.408 e. The number of carbonyl (C=O) groups excluding carboxylic acids is 3. The quantitative estimate of drug-likeness (QED) is 0.420. The molecule has 0 fully saturated rings. The van der Waals surface area contributed by atoms with E-state index in [0.717, 1.165) is 21.6 Å². The van der Waals surface area contributed by atoms with Gasteiger partial charge in [-0.25, -0.2) is 4.79 Å². The van der Waals surface area contributed by atoms with E-state index in [0.29, 0.717) is 16.3 Å². The monoisotopic (exact) mass is 497 g/mol. The predicted molar refractivity (Wildman–Crippen MR) is 138 cm³/mol. The van der Waals surface area contributed by atoms with Crippen molar-refractivity contribution in [2.75, 3.05) is 5.32 Å². The Labute approximate surface area is 212 Å². The molecule has 2 unspecified atom stereocenters. The van der Waals surface area contributed by atoms with E-state index >= 15 is 0 Å². The second-order valence-electron chi connectivity index (χ2n) is 9.39. The summed E-state index contributed by atoms with van der Waals surface area (Å²) in [5, 5.41) is 5.67. The molecule has 2 aromatic carbocycles. The third-order valence-corrected chi connectivity index (χ3v) is 5.49. The maximum Gasteiger partial charge on any atom is 0.408 e. The molecule has 2 N–H and O–H groups in total. The Morgan fingerprint density at radius 3 is 2.29 bits per heavy atom. The topological polar surface area (TPSA) is 87.7 Å². The molecule has 0 aliphatic rings. The largest absolute Gasteiger partial charge is 0.444 e. The maximum atomic E-state index is 13.6. The van der Waals surface area contributed by atoms with Crippen LogP contribution in [-0.4, -0.2) is 34.5 Å². The van der Waals surface area contributed by atoms with Gasteiger partial charge in [0.25, 0.3) is 11.8 Å². The van der Waals surface area contributed by atoms with Crippen LogP contribution in [0.5, 0.6) is 0 Å². The third kappa shape index (κ3) is 7.24. The van der Waals surface area contributed by atoms with Crippen molar-refractivity contribution >= 4 is 35.2 Å². The van der Waals surface area contributed by atoms with Crippen LogP contribution in [0.4, 0.5) is 10.5 Å². The van der Waals surface area contributed by atoms with Crippen molar-refractivity contribution in [2.24, 2.45) is 0 Å². The van der Waals surface area contributed by atoms with Gasteiger partial charge >= 0.3 is 6.09 Å². The standard InChI is InChI=1S/C27H32ClN3O4/c1-9-31(25(33)19(5)29-26(34)35-27(6,7)8)23(20-14-13-16(2)15-18(20)4)24(32)30-22-17(3)11-10-12-21(22)28/h1,10-15,19,23H,2-8H3,(H,29,34)(H,30,32). The van der Waals surface area contributed by atoms with E-state index in [9.17, 15) is 14.4 Å². The summed E-state index contributed by atoms with van der Waals surface area (Å²) < 4.78 is 5.24. The zero-order valence-corrected chi connectivity index (χ0v) is 21.9. The summed E-state index contributed by atoms with van der Waals surface area (Å²) >= 11 is 6.32. The van der Waals surface area contributed by atoms with E-state index in [1.165, 1.54) is 6.92 Å². The number of alkyl carbamates (subject to hydrolysis) is 1. The number of amides is 3. The second kappa shape index (κ2) is 11.3. The number of benzene rings is 2. The van der Waals surface area contributed by atoms with Crippen LogP contribution in [0, 0.1) is 33.2 Å². The fraction of sp³-hybridized carbons (Fsp3) is 0.370. The van der Waals surface area contributed by atoms with Gasteiger partial charge in [-0.2, -0.15) is 0 Å². The number of aryl methyl sites for hydroxylation is 3. The Kier molecular flexibility index (Phi) is 8.94. The highest BCUT2D eigenvalue weighted by molar-refractivity contribution is 6.34. The summed E-state index contributed by atoms with van der Waals surface area (Å²) in [6, 6.07) is 10.9. The van der Waals surface area contributed by atoms with Gasteiger partial charge in [0.05, 0.1) is 10.7 Å². The Morgan fingerprint density at radius 1 is 1.09 bits per heavy atom. The van der Waals surface area contributed by atoms with Gasteiger partial charge in [0, 0.05) is 6.04 Å². The zero-order valence-electron chi connectivity index (χ0n) is 21.2. The first-order valence-electron chi connectivity index (χ1n) is 11.2. The average Bonchev–Trinajstić information content (AvgIpc) is 2.73. The molecule has 186 valence electrons. The molecule has 0 aromatic heterocycles. The molecule has 0 saturated heterocycles. The molecule has 35 heavy (non-hydrogen) atoms. The number of ether oxygens (including phenoxy) is 1. The number of nitrogens with one attached hydrogen (secondary N) is 2. The van der Waals surface area contributed by atoms with Crippen molar-refractivity contribution in [3.05, 3.63) is 63.7 Å². The summed E-state index contributed by atoms with van der Waals surface area (Å²) in [5.41, 5.74) is 2.76. The number of hydrogen-bond donors (Lipinski definition) is 2. The highest BCUT2D eigenvalue weighted by Gasteiger charge is 2.35. The van der Waals surface area contributed by atoms with Crippen LogP contribution in [0.1, 0.15) is 56.0 Å². The molecule has 2 atom stereocenters. The Bertz CT molecular complexity index is 1140. The molecule has 0 saturated carbocycles. The van der Waals surface area contributed by atoms with Crippen molar-refractivity contribution in [2.45, 2.75) is 66.2 Å². The minimum absolute atomic E-state index is 0.358. The minimum atomic E-state index is -1.17. The SMILES string of the molecule is C#CN(C(=O)C(C)NC(=O)OC(C)(C)C)C(C(=O)Nc1c(C)cccc1Cl)c1ccc(C)cc1C. The number of para-hydroxylation sites is 1. The van der Waals surface area contributed by atoms with Crippen LogP contribution < -0.4 is 10.6 Å². The van der Waals surface area contributed by atoms with E-state index in [-0.39, 0.29) is 0 Å². The van der Waals surface area contributed by atoms with Crippen molar-refractivity contribution in [3.8, 4) is 12.5 Å². The summed E-state index contributed by atoms with van der Waals surface area (Å²) in [6.45, 7) is 12.2. The van der Waals surface area contributed by atoms with Gasteiger partial charge in [-0.1, -0.05) is 53.9 Å². The molecular weight excluding hydrogens is 466 g/mol. The number of hydrogen-bond acceptors (Lipinski definition) is 4. The van der Waals surface area contributed by atoms with Gasteiger partial charge in [0.15, 0.2) is 0 Å². The third-order valence-electron chi connectivity index (χ3n) is 5.18. The van der Waals surface area contributed by atoms with Gasteiger partial charge in [0.1, 0.15) is 17.7 Å². The van der Waals surface area contributed by atoms with E-state index in [2.05, 4.69) is 16.7 Å². The lowest BCUT2D eigenvalue weighted by Crippen LogP contribution is -2.49. The number of terminal acetylenes is 1. The predicted octanol–water partition coefficient (Wildman–Crippen LogP) is 5.28. The van der Waals surface area contributed by atoms with Crippen molar-refractivity contribution in [3.63, 3.8) is 0 Å². The van der Waals surface area contributed by atoms with Crippen LogP contribution in [-0.2, 0) is 14.3 Å². The first kappa shape index (κ1) is 27.7. The molecule has 0 aliphatic heterocycles. The first-order valence-corrected chi connectivity index (χ1v) is 11.5. The second-order valence-corrected chi connectivity index (χ2v) is 9.80. The molecule has 0 heterocycles. The highest BCUT2D eigenvalue weighted by atomic mass is 35.5. The number of rotatable bonds is 6. The molecule has 0 bridgehead atoms. The summed E-state index contributed by atoms with van der Waals surface area (Å²) in [7, 11) is 0. The van der Waals surface area contributed by atoms with Crippen LogP contribution in [0.2, 0.25) is 5.02 Å². The van der Waals surface area contributed by atoms with Crippen molar-refractivity contribution in [1.29, 1.82) is 0 Å². The number of anilines is 1. The first-order chi connectivity index (χ1) is 16.2. The Balaban J connectivity index is 2.46. The van der Waals surface area contributed by atoms with Gasteiger partial charge < -0.3 is 15.4 Å². The molecule has 8 heteroatoms. The Morgan fingerprint density at radius 2 is 1.74 bits per heavy atom. The van der Waals surface area contributed by atoms with Gasteiger partial charge in [-0.15, -0.1) is 0 Å². The van der Waals surface area contributed by atoms with Crippen LogP contribution >= 0.6 is 11.6 Å². The Hall–Kier alpha value is -3.50. The molecule has 0 spiro atoms. The summed E-state index contributed by atoms with van der Waals surface area (Å²) in [6.07, 6.45) is 4.99. The lowest BCUT2D eigenvalue weighted by Gasteiger charge is -2.30. The molecule has 2 rings (SSSR count). The van der Waals surface area contributed by atoms with Gasteiger partial charge in [-0.3, -0.25) is 14.5 Å². The van der Waals surface area contributed by atoms with E-state index in [4.69, 9.17) is 22.8 Å². The molecule has 7 nitrogen and oxygen atoms in total. The summed E-state index contributed by atoms with van der Waals surface area (Å²) in [5.74, 6) is -1.18. The molecule has 3 amide bonds. The number of nitrogens with zero attached hydrogens (tertiary/aromatic N) is 1. The fourth-order valence-corrected chi connectivity index (χ4v) is 3.80. The lowest BCUT2D eigenvalue weighted by atomic mass is 9.96. The highest BCUT2D eigenvalue weighted by Crippen LogP contribution is 2.30. The summed E-state index contributed by atoms with van der Waals surface area (Å²) in [4.78, 5) is 40.2. The van der Waals surface area contributed by atoms with E-state index in [1.807, 2.05) is 39.0 Å². The lowest BCUT2D eigenvalue weighted by molar-refractivity contribution is -0.136. The molecular formula is C27H32ClN3O4.